The summed E-state index contributed by atoms with van der Waals surface area (Å²) in [7, 11) is 1.80. The third-order valence-corrected chi connectivity index (χ3v) is 4.29. The summed E-state index contributed by atoms with van der Waals surface area (Å²) >= 11 is 0. The number of hydrogen-bond acceptors (Lipinski definition) is 4. The molecule has 1 aliphatic heterocycles. The van der Waals surface area contributed by atoms with Crippen molar-refractivity contribution in [2.75, 3.05) is 36.9 Å². The molecule has 1 aromatic rings. The minimum Gasteiger partial charge on any atom is -0.371 e. The standard InChI is InChI=1S/C18H28N4O2.2ClH/c1-13(12-19-3)17(23)20-14(2)18(24)21-15-7-6-8-16(11-15)22-9-4-5-10-22;;/h6-8,11,13-14,19H,4-5,9-10,12H2,1-3H3,(H,20,23)(H,21,24);2*1H. The highest BCUT2D eigenvalue weighted by molar-refractivity contribution is 5.97. The summed E-state index contributed by atoms with van der Waals surface area (Å²) < 4.78 is 0. The molecule has 0 aliphatic carbocycles. The highest BCUT2D eigenvalue weighted by Crippen LogP contribution is 2.23. The van der Waals surface area contributed by atoms with Gasteiger partial charge in [-0.25, -0.2) is 0 Å². The lowest BCUT2D eigenvalue weighted by molar-refractivity contribution is -0.128. The number of benzene rings is 1. The molecule has 3 N–H and O–H groups in total. The summed E-state index contributed by atoms with van der Waals surface area (Å²) in [6, 6.07) is 7.29. The van der Waals surface area contributed by atoms with Gasteiger partial charge in [-0.05, 0) is 45.0 Å². The number of carbonyl (C=O) groups is 2. The van der Waals surface area contributed by atoms with Gasteiger partial charge < -0.3 is 20.9 Å². The van der Waals surface area contributed by atoms with Crippen LogP contribution in [0.2, 0.25) is 0 Å². The van der Waals surface area contributed by atoms with E-state index >= 15 is 0 Å². The van der Waals surface area contributed by atoms with Crippen LogP contribution < -0.4 is 20.9 Å². The maximum absolute atomic E-state index is 12.3. The molecule has 1 heterocycles. The molecule has 2 amide bonds. The molecule has 2 atom stereocenters. The summed E-state index contributed by atoms with van der Waals surface area (Å²) in [4.78, 5) is 26.6. The van der Waals surface area contributed by atoms with E-state index in [1.807, 2.05) is 25.1 Å². The Labute approximate surface area is 168 Å². The van der Waals surface area contributed by atoms with E-state index in [1.165, 1.54) is 12.8 Å². The number of anilines is 2. The van der Waals surface area contributed by atoms with Gasteiger partial charge in [0.2, 0.25) is 11.8 Å². The average Bonchev–Trinajstić information content (AvgIpc) is 3.09. The quantitative estimate of drug-likeness (QED) is 0.652. The van der Waals surface area contributed by atoms with Gasteiger partial charge in [0.15, 0.2) is 0 Å². The van der Waals surface area contributed by atoms with Crippen LogP contribution in [0.15, 0.2) is 24.3 Å². The number of amides is 2. The lowest BCUT2D eigenvalue weighted by Gasteiger charge is -2.20. The predicted octanol–water partition coefficient (Wildman–Crippen LogP) is 2.43. The zero-order chi connectivity index (χ0) is 17.5. The maximum Gasteiger partial charge on any atom is 0.246 e. The van der Waals surface area contributed by atoms with Gasteiger partial charge in [-0.15, -0.1) is 24.8 Å². The molecule has 148 valence electrons. The van der Waals surface area contributed by atoms with Gasteiger partial charge in [-0.3, -0.25) is 9.59 Å². The van der Waals surface area contributed by atoms with Crippen LogP contribution in [0.1, 0.15) is 26.7 Å². The molecule has 0 saturated carbocycles. The van der Waals surface area contributed by atoms with Crippen molar-refractivity contribution < 1.29 is 9.59 Å². The van der Waals surface area contributed by atoms with E-state index in [0.717, 1.165) is 24.5 Å². The highest BCUT2D eigenvalue weighted by Gasteiger charge is 2.20. The molecule has 2 rings (SSSR count). The summed E-state index contributed by atoms with van der Waals surface area (Å²) in [5.41, 5.74) is 1.89. The molecule has 1 aliphatic rings. The first-order chi connectivity index (χ1) is 11.5. The highest BCUT2D eigenvalue weighted by atomic mass is 35.5. The fraction of sp³-hybridized carbons (Fsp3) is 0.556. The molecular formula is C18H30Cl2N4O2. The minimum atomic E-state index is -0.577. The molecule has 0 radical (unpaired) electrons. The van der Waals surface area contributed by atoms with Crippen molar-refractivity contribution in [3.63, 3.8) is 0 Å². The summed E-state index contributed by atoms with van der Waals surface area (Å²) in [5, 5.41) is 8.60. The monoisotopic (exact) mass is 404 g/mol. The molecule has 0 bridgehead atoms. The smallest absolute Gasteiger partial charge is 0.246 e. The van der Waals surface area contributed by atoms with Gasteiger partial charge in [0.1, 0.15) is 6.04 Å². The van der Waals surface area contributed by atoms with Crippen LogP contribution in [-0.4, -0.2) is 44.5 Å². The first-order valence-electron chi connectivity index (χ1n) is 8.62. The third-order valence-electron chi connectivity index (χ3n) is 4.29. The maximum atomic E-state index is 12.3. The largest absolute Gasteiger partial charge is 0.371 e. The lowest BCUT2D eigenvalue weighted by Crippen LogP contribution is -2.45. The average molecular weight is 405 g/mol. The fourth-order valence-electron chi connectivity index (χ4n) is 2.83. The van der Waals surface area contributed by atoms with Crippen LogP contribution in [0.3, 0.4) is 0 Å². The van der Waals surface area contributed by atoms with E-state index in [1.54, 1.807) is 14.0 Å². The van der Waals surface area contributed by atoms with Crippen LogP contribution in [0.5, 0.6) is 0 Å². The van der Waals surface area contributed by atoms with Gasteiger partial charge in [-0.1, -0.05) is 13.0 Å². The summed E-state index contributed by atoms with van der Waals surface area (Å²) in [6.07, 6.45) is 2.43. The van der Waals surface area contributed by atoms with Crippen LogP contribution in [0.25, 0.3) is 0 Å². The molecule has 6 nitrogen and oxygen atoms in total. The minimum absolute atomic E-state index is 0. The zero-order valence-electron chi connectivity index (χ0n) is 15.6. The first kappa shape index (κ1) is 24.5. The Hall–Kier alpha value is -1.50. The zero-order valence-corrected chi connectivity index (χ0v) is 17.2. The van der Waals surface area contributed by atoms with Crippen LogP contribution in [0, 0.1) is 5.92 Å². The number of carbonyl (C=O) groups excluding carboxylic acids is 2. The van der Waals surface area contributed by atoms with Gasteiger partial charge in [0.25, 0.3) is 0 Å². The van der Waals surface area contributed by atoms with E-state index < -0.39 is 6.04 Å². The summed E-state index contributed by atoms with van der Waals surface area (Å²) in [6.45, 7) is 6.23. The molecule has 0 aromatic heterocycles. The molecule has 1 aromatic carbocycles. The second-order valence-electron chi connectivity index (χ2n) is 6.42. The lowest BCUT2D eigenvalue weighted by atomic mass is 10.1. The van der Waals surface area contributed by atoms with Crippen molar-refractivity contribution in [2.45, 2.75) is 32.7 Å². The van der Waals surface area contributed by atoms with Crippen molar-refractivity contribution in [3.8, 4) is 0 Å². The molecular weight excluding hydrogens is 375 g/mol. The third kappa shape index (κ3) is 7.02. The Morgan fingerprint density at radius 2 is 1.77 bits per heavy atom. The van der Waals surface area contributed by atoms with Crippen molar-refractivity contribution in [1.29, 1.82) is 0 Å². The van der Waals surface area contributed by atoms with E-state index in [-0.39, 0.29) is 42.5 Å². The molecule has 1 fully saturated rings. The van der Waals surface area contributed by atoms with E-state index in [4.69, 9.17) is 0 Å². The number of hydrogen-bond donors (Lipinski definition) is 3. The Bertz CT molecular complexity index is 580. The second kappa shape index (κ2) is 12.0. The normalized spacial score (nSPS) is 15.3. The van der Waals surface area contributed by atoms with E-state index in [0.29, 0.717) is 6.54 Å². The van der Waals surface area contributed by atoms with E-state index in [9.17, 15) is 9.59 Å². The second-order valence-corrected chi connectivity index (χ2v) is 6.42. The van der Waals surface area contributed by atoms with Crippen molar-refractivity contribution >= 4 is 48.0 Å². The van der Waals surface area contributed by atoms with Crippen LogP contribution >= 0.6 is 24.8 Å². The molecule has 0 spiro atoms. The Kier molecular flexibility index (Phi) is 11.3. The van der Waals surface area contributed by atoms with Gasteiger partial charge in [0, 0.05) is 36.9 Å². The molecule has 26 heavy (non-hydrogen) atoms. The van der Waals surface area contributed by atoms with Crippen molar-refractivity contribution in [2.24, 2.45) is 5.92 Å². The van der Waals surface area contributed by atoms with E-state index in [2.05, 4.69) is 26.9 Å². The number of halogens is 2. The Balaban J connectivity index is 0.00000312. The SMILES string of the molecule is CNCC(C)C(=O)NC(C)C(=O)Nc1cccc(N2CCCC2)c1.Cl.Cl. The predicted molar refractivity (Wildman–Crippen MR) is 112 cm³/mol. The topological polar surface area (TPSA) is 73.5 Å². The van der Waals surface area contributed by atoms with Crippen molar-refractivity contribution in [1.82, 2.24) is 10.6 Å². The van der Waals surface area contributed by atoms with Crippen LogP contribution in [0.4, 0.5) is 11.4 Å². The molecule has 1 saturated heterocycles. The summed E-state index contributed by atoms with van der Waals surface area (Å²) in [5.74, 6) is -0.514. The van der Waals surface area contributed by atoms with Gasteiger partial charge >= 0.3 is 0 Å². The molecule has 2 unspecified atom stereocenters. The number of rotatable bonds is 7. The Morgan fingerprint density at radius 3 is 2.38 bits per heavy atom. The number of nitrogens with zero attached hydrogens (tertiary/aromatic N) is 1. The Morgan fingerprint density at radius 1 is 1.12 bits per heavy atom. The van der Waals surface area contributed by atoms with Gasteiger partial charge in [0.05, 0.1) is 0 Å². The van der Waals surface area contributed by atoms with Crippen molar-refractivity contribution in [3.05, 3.63) is 24.3 Å². The molecule has 8 heteroatoms. The van der Waals surface area contributed by atoms with Crippen LogP contribution in [-0.2, 0) is 9.59 Å². The number of nitrogens with one attached hydrogen (secondary N) is 3. The van der Waals surface area contributed by atoms with Gasteiger partial charge in [-0.2, -0.15) is 0 Å². The first-order valence-corrected chi connectivity index (χ1v) is 8.62. The fourth-order valence-corrected chi connectivity index (χ4v) is 2.83.